The van der Waals surface area contributed by atoms with Crippen LogP contribution in [0.2, 0.25) is 5.02 Å². The largest absolute Gasteiger partial charge is 0.494 e. The molecule has 0 atom stereocenters. The molecule has 0 fully saturated rings. The Morgan fingerprint density at radius 1 is 1.19 bits per heavy atom. The molecule has 0 bridgehead atoms. The molecule has 3 aromatic rings. The van der Waals surface area contributed by atoms with Crippen molar-refractivity contribution in [3.05, 3.63) is 70.9 Å². The Kier molecular flexibility index (Phi) is 5.88. The lowest BCUT2D eigenvalue weighted by atomic mass is 10.1. The number of hydrogen-bond donors (Lipinski definition) is 2. The number of aromatic amines is 1. The van der Waals surface area contributed by atoms with Crippen molar-refractivity contribution in [2.45, 2.75) is 13.8 Å². The summed E-state index contributed by atoms with van der Waals surface area (Å²) >= 11 is 5.87. The normalized spacial score (nSPS) is 11.3. The quantitative estimate of drug-likeness (QED) is 0.493. The van der Waals surface area contributed by atoms with E-state index in [9.17, 15) is 4.79 Å². The molecule has 2 aromatic carbocycles. The third-order valence-electron chi connectivity index (χ3n) is 3.87. The second kappa shape index (κ2) is 8.51. The molecule has 1 heterocycles. The highest BCUT2D eigenvalue weighted by Crippen LogP contribution is 2.21. The molecule has 1 amide bonds. The van der Waals surface area contributed by atoms with Crippen LogP contribution in [0.25, 0.3) is 11.3 Å². The number of ether oxygens (including phenoxy) is 1. The van der Waals surface area contributed by atoms with Crippen LogP contribution in [-0.2, 0) is 0 Å². The minimum atomic E-state index is -0.368. The summed E-state index contributed by atoms with van der Waals surface area (Å²) in [6, 6.07) is 16.4. The summed E-state index contributed by atoms with van der Waals surface area (Å²) in [7, 11) is 0. The Morgan fingerprint density at radius 2 is 1.89 bits per heavy atom. The Hall–Kier alpha value is -3.12. The van der Waals surface area contributed by atoms with Crippen LogP contribution in [-0.4, -0.2) is 28.4 Å². The van der Waals surface area contributed by atoms with E-state index in [0.29, 0.717) is 28.7 Å². The highest BCUT2D eigenvalue weighted by molar-refractivity contribution is 6.30. The predicted molar refractivity (Wildman–Crippen MR) is 106 cm³/mol. The van der Waals surface area contributed by atoms with Crippen LogP contribution in [0.1, 0.15) is 29.9 Å². The van der Waals surface area contributed by atoms with Crippen molar-refractivity contribution in [3.63, 3.8) is 0 Å². The van der Waals surface area contributed by atoms with Crippen molar-refractivity contribution in [2.75, 3.05) is 6.61 Å². The molecule has 0 aliphatic rings. The number of halogens is 1. The maximum atomic E-state index is 12.3. The monoisotopic (exact) mass is 382 g/mol. The van der Waals surface area contributed by atoms with Gasteiger partial charge in [0.2, 0.25) is 0 Å². The van der Waals surface area contributed by atoms with Gasteiger partial charge in [-0.2, -0.15) is 10.2 Å². The van der Waals surface area contributed by atoms with Crippen molar-refractivity contribution in [3.8, 4) is 17.0 Å². The highest BCUT2D eigenvalue weighted by atomic mass is 35.5. The molecule has 1 aromatic heterocycles. The van der Waals surface area contributed by atoms with E-state index in [1.165, 1.54) is 0 Å². The van der Waals surface area contributed by atoms with E-state index in [-0.39, 0.29) is 5.91 Å². The fourth-order valence-corrected chi connectivity index (χ4v) is 2.55. The third-order valence-corrected chi connectivity index (χ3v) is 4.12. The minimum absolute atomic E-state index is 0.326. The van der Waals surface area contributed by atoms with Gasteiger partial charge in [0, 0.05) is 10.6 Å². The fourth-order valence-electron chi connectivity index (χ4n) is 2.43. The van der Waals surface area contributed by atoms with Crippen LogP contribution in [0.5, 0.6) is 5.75 Å². The molecule has 27 heavy (non-hydrogen) atoms. The predicted octanol–water partition coefficient (Wildman–Crippen LogP) is 4.28. The van der Waals surface area contributed by atoms with Crippen molar-refractivity contribution in [1.29, 1.82) is 0 Å². The number of H-pyrrole nitrogens is 1. The van der Waals surface area contributed by atoms with Gasteiger partial charge in [-0.15, -0.1) is 0 Å². The van der Waals surface area contributed by atoms with Crippen molar-refractivity contribution < 1.29 is 9.53 Å². The average Bonchev–Trinajstić information content (AvgIpc) is 3.17. The number of nitrogens with zero attached hydrogens (tertiary/aromatic N) is 2. The molecular weight excluding hydrogens is 364 g/mol. The number of rotatable bonds is 6. The molecule has 6 nitrogen and oxygen atoms in total. The second-order valence-electron chi connectivity index (χ2n) is 5.77. The summed E-state index contributed by atoms with van der Waals surface area (Å²) < 4.78 is 5.42. The van der Waals surface area contributed by atoms with E-state index in [4.69, 9.17) is 16.3 Å². The first-order valence-electron chi connectivity index (χ1n) is 8.46. The summed E-state index contributed by atoms with van der Waals surface area (Å²) in [6.07, 6.45) is 0. The fraction of sp³-hybridized carbons (Fsp3) is 0.150. The lowest BCUT2D eigenvalue weighted by molar-refractivity contribution is 0.0950. The summed E-state index contributed by atoms with van der Waals surface area (Å²) in [6.45, 7) is 4.35. The Morgan fingerprint density at radius 3 is 2.56 bits per heavy atom. The van der Waals surface area contributed by atoms with Gasteiger partial charge in [-0.05, 0) is 61.9 Å². The van der Waals surface area contributed by atoms with Crippen molar-refractivity contribution >= 4 is 23.2 Å². The molecule has 0 unspecified atom stereocenters. The van der Waals surface area contributed by atoms with Gasteiger partial charge in [0.1, 0.15) is 11.4 Å². The minimum Gasteiger partial charge on any atom is -0.494 e. The number of amides is 1. The SMILES string of the molecule is CCOc1ccc(-c2cc(C(=O)NN=C(C)c3ccc(Cl)cc3)[nH]n2)cc1. The molecule has 0 saturated heterocycles. The second-order valence-corrected chi connectivity index (χ2v) is 6.21. The lowest BCUT2D eigenvalue weighted by Gasteiger charge is -2.03. The summed E-state index contributed by atoms with van der Waals surface area (Å²) in [4.78, 5) is 12.3. The summed E-state index contributed by atoms with van der Waals surface area (Å²) in [5.41, 5.74) is 5.95. The first kappa shape index (κ1) is 18.7. The van der Waals surface area contributed by atoms with E-state index in [1.54, 1.807) is 18.2 Å². The average molecular weight is 383 g/mol. The number of aromatic nitrogens is 2. The Labute approximate surface area is 162 Å². The molecule has 0 radical (unpaired) electrons. The van der Waals surface area contributed by atoms with Gasteiger partial charge < -0.3 is 4.74 Å². The maximum Gasteiger partial charge on any atom is 0.289 e. The Balaban J connectivity index is 1.67. The number of carbonyl (C=O) groups excluding carboxylic acids is 1. The number of carbonyl (C=O) groups is 1. The van der Waals surface area contributed by atoms with Crippen LogP contribution in [0.15, 0.2) is 59.7 Å². The van der Waals surface area contributed by atoms with E-state index in [0.717, 1.165) is 16.9 Å². The van der Waals surface area contributed by atoms with Crippen molar-refractivity contribution in [1.82, 2.24) is 15.6 Å². The van der Waals surface area contributed by atoms with Gasteiger partial charge in [-0.3, -0.25) is 9.89 Å². The number of hydrogen-bond acceptors (Lipinski definition) is 4. The number of benzene rings is 2. The van der Waals surface area contributed by atoms with Gasteiger partial charge in [0.05, 0.1) is 18.0 Å². The topological polar surface area (TPSA) is 79.4 Å². The zero-order chi connectivity index (χ0) is 19.2. The lowest BCUT2D eigenvalue weighted by Crippen LogP contribution is -2.19. The molecular formula is C20H19ClN4O2. The van der Waals surface area contributed by atoms with Gasteiger partial charge in [0.25, 0.3) is 5.91 Å². The molecule has 0 spiro atoms. The number of nitrogens with one attached hydrogen (secondary N) is 2. The maximum absolute atomic E-state index is 12.3. The van der Waals surface area contributed by atoms with Crippen LogP contribution < -0.4 is 10.2 Å². The van der Waals surface area contributed by atoms with Crippen LogP contribution in [0.4, 0.5) is 0 Å². The molecule has 0 aliphatic heterocycles. The standard InChI is InChI=1S/C20H19ClN4O2/c1-3-27-17-10-6-15(7-11-17)18-12-19(24-23-18)20(26)25-22-13(2)14-4-8-16(21)9-5-14/h4-12H,3H2,1-2H3,(H,23,24)(H,25,26). The molecule has 138 valence electrons. The first-order chi connectivity index (χ1) is 13.1. The van der Waals surface area contributed by atoms with Crippen LogP contribution >= 0.6 is 11.6 Å². The third kappa shape index (κ3) is 4.74. The van der Waals surface area contributed by atoms with Gasteiger partial charge >= 0.3 is 0 Å². The number of hydrazone groups is 1. The summed E-state index contributed by atoms with van der Waals surface area (Å²) in [5.74, 6) is 0.426. The highest BCUT2D eigenvalue weighted by Gasteiger charge is 2.11. The summed E-state index contributed by atoms with van der Waals surface area (Å²) in [5, 5.41) is 11.7. The van der Waals surface area contributed by atoms with E-state index in [1.807, 2.05) is 50.2 Å². The molecule has 7 heteroatoms. The molecule has 0 aliphatic carbocycles. The molecule has 0 saturated carbocycles. The van der Waals surface area contributed by atoms with E-state index >= 15 is 0 Å². The van der Waals surface area contributed by atoms with E-state index < -0.39 is 0 Å². The van der Waals surface area contributed by atoms with Gasteiger partial charge in [-0.1, -0.05) is 23.7 Å². The zero-order valence-electron chi connectivity index (χ0n) is 15.0. The first-order valence-corrected chi connectivity index (χ1v) is 8.84. The zero-order valence-corrected chi connectivity index (χ0v) is 15.7. The van der Waals surface area contributed by atoms with Crippen LogP contribution in [0.3, 0.4) is 0 Å². The van der Waals surface area contributed by atoms with Gasteiger partial charge in [0.15, 0.2) is 0 Å². The smallest absolute Gasteiger partial charge is 0.289 e. The molecule has 3 rings (SSSR count). The van der Waals surface area contributed by atoms with E-state index in [2.05, 4.69) is 20.7 Å². The molecule has 2 N–H and O–H groups in total. The Bertz CT molecular complexity index is 947. The van der Waals surface area contributed by atoms with Crippen molar-refractivity contribution in [2.24, 2.45) is 5.10 Å². The van der Waals surface area contributed by atoms with Crippen LogP contribution in [0, 0.1) is 0 Å². The van der Waals surface area contributed by atoms with Gasteiger partial charge in [-0.25, -0.2) is 5.43 Å².